The van der Waals surface area contributed by atoms with Crippen LogP contribution in [0.5, 0.6) is 0 Å². The molecule has 0 saturated carbocycles. The number of aromatic nitrogens is 1. The third-order valence-electron chi connectivity index (χ3n) is 2.42. The molecule has 0 aromatic carbocycles. The second-order valence-electron chi connectivity index (χ2n) is 4.64. The van der Waals surface area contributed by atoms with Gasteiger partial charge in [-0.1, -0.05) is 13.8 Å². The molecule has 4 heteroatoms. The van der Waals surface area contributed by atoms with E-state index in [0.29, 0.717) is 12.5 Å². The predicted molar refractivity (Wildman–Crippen MR) is 64.7 cm³/mol. The molecule has 1 heterocycles. The molecule has 90 valence electrons. The van der Waals surface area contributed by atoms with E-state index in [-0.39, 0.29) is 5.91 Å². The standard InChI is InChI=1S/C12H21N3O/c1-9(2)6-11(13)12(16)14-7-10-4-5-15(3)8-10/h4-5,8-9,11H,6-7,13H2,1-3H3,(H,14,16)/t11-/m1/s1. The molecule has 0 aliphatic heterocycles. The maximum atomic E-state index is 11.6. The van der Waals surface area contributed by atoms with Gasteiger partial charge in [-0.3, -0.25) is 4.79 Å². The van der Waals surface area contributed by atoms with Gasteiger partial charge in [0.05, 0.1) is 6.04 Å². The van der Waals surface area contributed by atoms with Crippen LogP contribution < -0.4 is 11.1 Å². The Morgan fingerprint density at radius 1 is 1.56 bits per heavy atom. The van der Waals surface area contributed by atoms with Crippen LogP contribution in [0.25, 0.3) is 0 Å². The first-order valence-electron chi connectivity index (χ1n) is 5.63. The molecule has 1 atom stereocenters. The zero-order chi connectivity index (χ0) is 12.1. The minimum Gasteiger partial charge on any atom is -0.357 e. The third-order valence-corrected chi connectivity index (χ3v) is 2.42. The lowest BCUT2D eigenvalue weighted by molar-refractivity contribution is -0.122. The van der Waals surface area contributed by atoms with Gasteiger partial charge in [0.25, 0.3) is 0 Å². The number of nitrogens with two attached hydrogens (primary N) is 1. The maximum Gasteiger partial charge on any atom is 0.237 e. The van der Waals surface area contributed by atoms with Crippen molar-refractivity contribution in [3.8, 4) is 0 Å². The van der Waals surface area contributed by atoms with E-state index >= 15 is 0 Å². The number of carbonyl (C=O) groups is 1. The molecule has 0 aliphatic carbocycles. The van der Waals surface area contributed by atoms with Gasteiger partial charge < -0.3 is 15.6 Å². The highest BCUT2D eigenvalue weighted by molar-refractivity contribution is 5.81. The van der Waals surface area contributed by atoms with Gasteiger partial charge >= 0.3 is 0 Å². The molecule has 0 fully saturated rings. The summed E-state index contributed by atoms with van der Waals surface area (Å²) in [6.45, 7) is 4.67. The number of nitrogens with zero attached hydrogens (tertiary/aromatic N) is 1. The van der Waals surface area contributed by atoms with Gasteiger partial charge in [-0.2, -0.15) is 0 Å². The average molecular weight is 223 g/mol. The van der Waals surface area contributed by atoms with E-state index < -0.39 is 6.04 Å². The van der Waals surface area contributed by atoms with E-state index in [4.69, 9.17) is 5.73 Å². The van der Waals surface area contributed by atoms with Gasteiger partial charge in [0.2, 0.25) is 5.91 Å². The number of amides is 1. The Balaban J connectivity index is 2.35. The molecule has 0 bridgehead atoms. The Labute approximate surface area is 96.8 Å². The molecule has 0 saturated heterocycles. The van der Waals surface area contributed by atoms with Gasteiger partial charge in [0, 0.05) is 26.0 Å². The molecule has 0 spiro atoms. The van der Waals surface area contributed by atoms with Crippen LogP contribution in [0, 0.1) is 5.92 Å². The van der Waals surface area contributed by atoms with Crippen molar-refractivity contribution in [1.29, 1.82) is 0 Å². The van der Waals surface area contributed by atoms with Crippen molar-refractivity contribution in [2.45, 2.75) is 32.9 Å². The fourth-order valence-electron chi connectivity index (χ4n) is 1.60. The van der Waals surface area contributed by atoms with E-state index in [9.17, 15) is 4.79 Å². The lowest BCUT2D eigenvalue weighted by Crippen LogP contribution is -2.40. The van der Waals surface area contributed by atoms with Gasteiger partial charge in [0.1, 0.15) is 0 Å². The first-order valence-corrected chi connectivity index (χ1v) is 5.63. The van der Waals surface area contributed by atoms with Crippen molar-refractivity contribution in [3.63, 3.8) is 0 Å². The zero-order valence-electron chi connectivity index (χ0n) is 10.2. The Morgan fingerprint density at radius 3 is 2.75 bits per heavy atom. The molecule has 3 N–H and O–H groups in total. The van der Waals surface area contributed by atoms with Gasteiger partial charge in [-0.05, 0) is 24.0 Å². The summed E-state index contributed by atoms with van der Waals surface area (Å²) in [4.78, 5) is 11.6. The van der Waals surface area contributed by atoms with Crippen LogP contribution in [0.4, 0.5) is 0 Å². The summed E-state index contributed by atoms with van der Waals surface area (Å²) >= 11 is 0. The van der Waals surface area contributed by atoms with Gasteiger partial charge in [-0.15, -0.1) is 0 Å². The summed E-state index contributed by atoms with van der Waals surface area (Å²) in [6.07, 6.45) is 4.66. The lowest BCUT2D eigenvalue weighted by Gasteiger charge is -2.13. The normalized spacial score (nSPS) is 12.8. The summed E-state index contributed by atoms with van der Waals surface area (Å²) in [6, 6.07) is 1.58. The number of hydrogen-bond donors (Lipinski definition) is 2. The molecule has 1 rings (SSSR count). The van der Waals surface area contributed by atoms with Crippen LogP contribution >= 0.6 is 0 Å². The van der Waals surface area contributed by atoms with E-state index in [1.807, 2.05) is 30.1 Å². The average Bonchev–Trinajstić information content (AvgIpc) is 2.59. The highest BCUT2D eigenvalue weighted by atomic mass is 16.2. The molecular weight excluding hydrogens is 202 g/mol. The molecule has 0 aliphatic rings. The number of nitrogens with one attached hydrogen (secondary N) is 1. The topological polar surface area (TPSA) is 60.1 Å². The number of hydrogen-bond acceptors (Lipinski definition) is 2. The highest BCUT2D eigenvalue weighted by Gasteiger charge is 2.14. The van der Waals surface area contributed by atoms with Crippen molar-refractivity contribution >= 4 is 5.91 Å². The number of rotatable bonds is 5. The van der Waals surface area contributed by atoms with Crippen molar-refractivity contribution < 1.29 is 4.79 Å². The SMILES string of the molecule is CC(C)C[C@@H](N)C(=O)NCc1ccn(C)c1. The van der Waals surface area contributed by atoms with E-state index in [0.717, 1.165) is 12.0 Å². The van der Waals surface area contributed by atoms with Crippen molar-refractivity contribution in [1.82, 2.24) is 9.88 Å². The maximum absolute atomic E-state index is 11.6. The summed E-state index contributed by atoms with van der Waals surface area (Å²) in [5.74, 6) is 0.370. The molecule has 0 unspecified atom stereocenters. The predicted octanol–water partition coefficient (Wildman–Crippen LogP) is 1.01. The van der Waals surface area contributed by atoms with Crippen LogP contribution in [0.3, 0.4) is 0 Å². The van der Waals surface area contributed by atoms with Crippen molar-refractivity contribution in [2.24, 2.45) is 18.7 Å². The molecule has 1 aromatic heterocycles. The zero-order valence-corrected chi connectivity index (χ0v) is 10.2. The summed E-state index contributed by atoms with van der Waals surface area (Å²) in [7, 11) is 1.95. The summed E-state index contributed by atoms with van der Waals surface area (Å²) in [5.41, 5.74) is 6.86. The highest BCUT2D eigenvalue weighted by Crippen LogP contribution is 2.03. The van der Waals surface area contributed by atoms with Gasteiger partial charge in [-0.25, -0.2) is 0 Å². The van der Waals surface area contributed by atoms with Crippen molar-refractivity contribution in [2.75, 3.05) is 0 Å². The van der Waals surface area contributed by atoms with E-state index in [1.54, 1.807) is 0 Å². The third kappa shape index (κ3) is 4.06. The minimum atomic E-state index is -0.399. The Kier molecular flexibility index (Phi) is 4.55. The van der Waals surface area contributed by atoms with Gasteiger partial charge in [0.15, 0.2) is 0 Å². The summed E-state index contributed by atoms with van der Waals surface area (Å²) < 4.78 is 1.95. The van der Waals surface area contributed by atoms with E-state index in [1.165, 1.54) is 0 Å². The molecular formula is C12H21N3O. The molecule has 0 radical (unpaired) electrons. The largest absolute Gasteiger partial charge is 0.357 e. The molecule has 16 heavy (non-hydrogen) atoms. The fraction of sp³-hybridized carbons (Fsp3) is 0.583. The van der Waals surface area contributed by atoms with Crippen LogP contribution in [0.2, 0.25) is 0 Å². The Bertz CT molecular complexity index is 344. The number of aryl methyl sites for hydroxylation is 1. The second kappa shape index (κ2) is 5.70. The molecule has 4 nitrogen and oxygen atoms in total. The second-order valence-corrected chi connectivity index (χ2v) is 4.64. The molecule has 1 aromatic rings. The Morgan fingerprint density at radius 2 is 2.25 bits per heavy atom. The fourth-order valence-corrected chi connectivity index (χ4v) is 1.60. The van der Waals surface area contributed by atoms with E-state index in [2.05, 4.69) is 19.2 Å². The van der Waals surface area contributed by atoms with Crippen LogP contribution in [0.1, 0.15) is 25.8 Å². The lowest BCUT2D eigenvalue weighted by atomic mass is 10.0. The van der Waals surface area contributed by atoms with Crippen LogP contribution in [0.15, 0.2) is 18.5 Å². The monoisotopic (exact) mass is 223 g/mol. The van der Waals surface area contributed by atoms with Crippen LogP contribution in [-0.2, 0) is 18.4 Å². The summed E-state index contributed by atoms with van der Waals surface area (Å²) in [5, 5.41) is 2.84. The first kappa shape index (κ1) is 12.8. The van der Waals surface area contributed by atoms with Crippen LogP contribution in [-0.4, -0.2) is 16.5 Å². The van der Waals surface area contributed by atoms with Crippen molar-refractivity contribution in [3.05, 3.63) is 24.0 Å². The Hall–Kier alpha value is -1.29. The number of carbonyl (C=O) groups excluding carboxylic acids is 1. The first-order chi connectivity index (χ1) is 7.49. The minimum absolute atomic E-state index is 0.0717. The quantitative estimate of drug-likeness (QED) is 0.782. The smallest absolute Gasteiger partial charge is 0.237 e. The molecule has 1 amide bonds.